The van der Waals surface area contributed by atoms with Crippen LogP contribution in [-0.2, 0) is 24.1 Å². The molecule has 0 N–H and O–H groups in total. The molecule has 1 aliphatic carbocycles. The van der Waals surface area contributed by atoms with Crippen LogP contribution in [-0.4, -0.2) is 17.6 Å². The third kappa shape index (κ3) is 2.93. The molecular formula is C21H20ClNO2. The van der Waals surface area contributed by atoms with Gasteiger partial charge in [0.25, 0.3) is 0 Å². The highest BCUT2D eigenvalue weighted by Crippen LogP contribution is 2.33. The Kier molecular flexibility index (Phi) is 4.26. The van der Waals surface area contributed by atoms with Crippen LogP contribution in [0.2, 0.25) is 5.02 Å². The molecule has 0 saturated heterocycles. The summed E-state index contributed by atoms with van der Waals surface area (Å²) in [5, 5.41) is 1.94. The summed E-state index contributed by atoms with van der Waals surface area (Å²) in [6.07, 6.45) is 4.58. The number of aromatic nitrogens is 1. The maximum Gasteiger partial charge on any atom is 0.337 e. The molecule has 0 unspecified atom stereocenters. The molecule has 0 atom stereocenters. The van der Waals surface area contributed by atoms with Gasteiger partial charge in [0.15, 0.2) is 0 Å². The summed E-state index contributed by atoms with van der Waals surface area (Å²) in [6, 6.07) is 13.9. The molecule has 3 aromatic rings. The van der Waals surface area contributed by atoms with Gasteiger partial charge in [0.1, 0.15) is 0 Å². The van der Waals surface area contributed by atoms with Gasteiger partial charge in [0.2, 0.25) is 0 Å². The van der Waals surface area contributed by atoms with Crippen LogP contribution >= 0.6 is 11.6 Å². The standard InChI is InChI=1S/C21H20ClNO2/c1-25-21(24)15-8-11-20-18(12-15)17-4-2-3-5-19(17)23(20)13-14-6-9-16(22)10-7-14/h6-12H,2-5,13H2,1H3. The minimum atomic E-state index is -0.281. The Hall–Kier alpha value is -2.26. The Bertz CT molecular complexity index is 941. The zero-order valence-electron chi connectivity index (χ0n) is 14.2. The molecule has 3 nitrogen and oxygen atoms in total. The third-order valence-electron chi connectivity index (χ3n) is 5.05. The van der Waals surface area contributed by atoms with Crippen molar-refractivity contribution in [2.75, 3.05) is 7.11 Å². The molecule has 1 aliphatic rings. The number of esters is 1. The number of rotatable bonds is 3. The number of fused-ring (bicyclic) bond motifs is 3. The summed E-state index contributed by atoms with van der Waals surface area (Å²) in [6.45, 7) is 0.820. The lowest BCUT2D eigenvalue weighted by Crippen LogP contribution is -2.09. The number of aryl methyl sites for hydroxylation is 1. The molecule has 2 aromatic carbocycles. The quantitative estimate of drug-likeness (QED) is 0.620. The maximum atomic E-state index is 11.9. The number of nitrogens with zero attached hydrogens (tertiary/aromatic N) is 1. The van der Waals surface area contributed by atoms with E-state index in [4.69, 9.17) is 16.3 Å². The second-order valence-corrected chi connectivity index (χ2v) is 7.00. The lowest BCUT2D eigenvalue weighted by atomic mass is 9.95. The molecule has 0 saturated carbocycles. The minimum Gasteiger partial charge on any atom is -0.465 e. The van der Waals surface area contributed by atoms with Crippen molar-refractivity contribution in [1.82, 2.24) is 4.57 Å². The van der Waals surface area contributed by atoms with Gasteiger partial charge in [-0.3, -0.25) is 0 Å². The van der Waals surface area contributed by atoms with Crippen LogP contribution in [0.3, 0.4) is 0 Å². The normalized spacial score (nSPS) is 13.7. The third-order valence-corrected chi connectivity index (χ3v) is 5.30. The summed E-state index contributed by atoms with van der Waals surface area (Å²) in [4.78, 5) is 11.9. The van der Waals surface area contributed by atoms with E-state index in [1.807, 2.05) is 24.3 Å². The Labute approximate surface area is 152 Å². The molecule has 4 rings (SSSR count). The van der Waals surface area contributed by atoms with E-state index < -0.39 is 0 Å². The molecule has 0 fully saturated rings. The summed E-state index contributed by atoms with van der Waals surface area (Å²) in [5.41, 5.74) is 5.83. The lowest BCUT2D eigenvalue weighted by molar-refractivity contribution is 0.0601. The number of hydrogen-bond acceptors (Lipinski definition) is 2. The Morgan fingerprint density at radius 1 is 1.12 bits per heavy atom. The summed E-state index contributed by atoms with van der Waals surface area (Å²) >= 11 is 6.01. The number of halogens is 1. The molecule has 25 heavy (non-hydrogen) atoms. The van der Waals surface area contributed by atoms with Crippen molar-refractivity contribution in [3.8, 4) is 0 Å². The number of hydrogen-bond donors (Lipinski definition) is 0. The van der Waals surface area contributed by atoms with E-state index in [9.17, 15) is 4.79 Å². The predicted molar refractivity (Wildman–Crippen MR) is 100 cm³/mol. The fraction of sp³-hybridized carbons (Fsp3) is 0.286. The van der Waals surface area contributed by atoms with Crippen LogP contribution in [0.25, 0.3) is 10.9 Å². The Morgan fingerprint density at radius 3 is 2.64 bits per heavy atom. The van der Waals surface area contributed by atoms with Crippen LogP contribution in [0.4, 0.5) is 0 Å². The van der Waals surface area contributed by atoms with Gasteiger partial charge in [-0.1, -0.05) is 23.7 Å². The molecular weight excluding hydrogens is 334 g/mol. The summed E-state index contributed by atoms with van der Waals surface area (Å²) < 4.78 is 7.28. The molecule has 0 amide bonds. The van der Waals surface area contributed by atoms with Gasteiger partial charge in [-0.05, 0) is 67.1 Å². The molecule has 1 heterocycles. The first-order valence-corrected chi connectivity index (χ1v) is 9.02. The van der Waals surface area contributed by atoms with Gasteiger partial charge >= 0.3 is 5.97 Å². The van der Waals surface area contributed by atoms with Gasteiger partial charge in [0.05, 0.1) is 12.7 Å². The Morgan fingerprint density at radius 2 is 1.88 bits per heavy atom. The zero-order valence-corrected chi connectivity index (χ0v) is 15.0. The van der Waals surface area contributed by atoms with Crippen molar-refractivity contribution in [2.45, 2.75) is 32.2 Å². The SMILES string of the molecule is COC(=O)c1ccc2c(c1)c1c(n2Cc2ccc(Cl)cc2)CCCC1. The largest absolute Gasteiger partial charge is 0.465 e. The molecule has 0 bridgehead atoms. The van der Waals surface area contributed by atoms with E-state index in [0.717, 1.165) is 24.4 Å². The number of benzene rings is 2. The smallest absolute Gasteiger partial charge is 0.337 e. The van der Waals surface area contributed by atoms with Crippen molar-refractivity contribution in [2.24, 2.45) is 0 Å². The van der Waals surface area contributed by atoms with Gasteiger partial charge in [-0.15, -0.1) is 0 Å². The Balaban J connectivity index is 1.85. The fourth-order valence-electron chi connectivity index (χ4n) is 3.83. The van der Waals surface area contributed by atoms with E-state index in [2.05, 4.69) is 22.8 Å². The van der Waals surface area contributed by atoms with Crippen LogP contribution < -0.4 is 0 Å². The topological polar surface area (TPSA) is 31.2 Å². The lowest BCUT2D eigenvalue weighted by Gasteiger charge is -2.16. The fourth-order valence-corrected chi connectivity index (χ4v) is 3.96. The summed E-state index contributed by atoms with van der Waals surface area (Å²) in [7, 11) is 1.42. The van der Waals surface area contributed by atoms with E-state index >= 15 is 0 Å². The molecule has 0 aliphatic heterocycles. The molecule has 0 spiro atoms. The van der Waals surface area contributed by atoms with E-state index in [0.29, 0.717) is 5.56 Å². The van der Waals surface area contributed by atoms with Gasteiger partial charge in [0, 0.05) is 28.2 Å². The van der Waals surface area contributed by atoms with Crippen LogP contribution in [0, 0.1) is 0 Å². The van der Waals surface area contributed by atoms with Crippen molar-refractivity contribution < 1.29 is 9.53 Å². The van der Waals surface area contributed by atoms with Crippen molar-refractivity contribution >= 4 is 28.5 Å². The average molecular weight is 354 g/mol. The van der Waals surface area contributed by atoms with E-state index in [1.54, 1.807) is 0 Å². The highest BCUT2D eigenvalue weighted by atomic mass is 35.5. The average Bonchev–Trinajstić information content (AvgIpc) is 2.96. The molecule has 0 radical (unpaired) electrons. The number of carbonyl (C=O) groups excluding carboxylic acids is 1. The van der Waals surface area contributed by atoms with E-state index in [1.165, 1.54) is 47.7 Å². The maximum absolute atomic E-state index is 11.9. The van der Waals surface area contributed by atoms with Crippen molar-refractivity contribution in [3.05, 3.63) is 69.9 Å². The summed E-state index contributed by atoms with van der Waals surface area (Å²) in [5.74, 6) is -0.281. The molecule has 4 heteroatoms. The monoisotopic (exact) mass is 353 g/mol. The highest BCUT2D eigenvalue weighted by molar-refractivity contribution is 6.30. The zero-order chi connectivity index (χ0) is 17.4. The number of carbonyl (C=O) groups is 1. The van der Waals surface area contributed by atoms with Gasteiger partial charge in [-0.25, -0.2) is 4.79 Å². The molecule has 128 valence electrons. The van der Waals surface area contributed by atoms with Crippen LogP contribution in [0.15, 0.2) is 42.5 Å². The van der Waals surface area contributed by atoms with Gasteiger partial charge < -0.3 is 9.30 Å². The van der Waals surface area contributed by atoms with Crippen molar-refractivity contribution in [1.29, 1.82) is 0 Å². The first kappa shape index (κ1) is 16.2. The second-order valence-electron chi connectivity index (χ2n) is 6.57. The first-order chi connectivity index (χ1) is 12.2. The first-order valence-electron chi connectivity index (χ1n) is 8.64. The van der Waals surface area contributed by atoms with Crippen LogP contribution in [0.1, 0.15) is 40.0 Å². The highest BCUT2D eigenvalue weighted by Gasteiger charge is 2.21. The van der Waals surface area contributed by atoms with Crippen LogP contribution in [0.5, 0.6) is 0 Å². The number of ether oxygens (including phenoxy) is 1. The molecule has 1 aromatic heterocycles. The predicted octanol–water partition coefficient (Wildman–Crippen LogP) is 5.01. The van der Waals surface area contributed by atoms with Gasteiger partial charge in [-0.2, -0.15) is 0 Å². The second kappa shape index (κ2) is 6.57. The van der Waals surface area contributed by atoms with Crippen molar-refractivity contribution in [3.63, 3.8) is 0 Å². The van der Waals surface area contributed by atoms with E-state index in [-0.39, 0.29) is 5.97 Å². The minimum absolute atomic E-state index is 0.281. The number of methoxy groups -OCH3 is 1.